The summed E-state index contributed by atoms with van der Waals surface area (Å²) >= 11 is 12.0. The van der Waals surface area contributed by atoms with Gasteiger partial charge in [-0.05, 0) is 37.3 Å². The van der Waals surface area contributed by atoms with Crippen molar-refractivity contribution in [3.8, 4) is 5.75 Å². The molecule has 0 bridgehead atoms. The molecule has 0 spiro atoms. The van der Waals surface area contributed by atoms with Crippen molar-refractivity contribution in [2.75, 3.05) is 26.3 Å². The standard InChI is InChI=1S/C18H19Cl2NO3S/c1-13-2-5-15(6-3-13)24-12-18(11-22)9-21(10-18)25(23)17-7-4-14(19)8-16(17)20/h2-8,22H,9-12H2,1H3. The monoisotopic (exact) mass is 399 g/mol. The Hall–Kier alpha value is -1.11. The molecule has 1 aliphatic heterocycles. The average Bonchev–Trinajstić information content (AvgIpc) is 2.55. The molecule has 2 aromatic rings. The fourth-order valence-electron chi connectivity index (χ4n) is 2.68. The predicted octanol–water partition coefficient (Wildman–Crippen LogP) is 3.70. The average molecular weight is 400 g/mol. The summed E-state index contributed by atoms with van der Waals surface area (Å²) in [5, 5.41) is 10.7. The van der Waals surface area contributed by atoms with E-state index in [9.17, 15) is 9.32 Å². The van der Waals surface area contributed by atoms with Crippen LogP contribution in [0, 0.1) is 12.3 Å². The van der Waals surface area contributed by atoms with E-state index in [4.69, 9.17) is 27.9 Å². The Bertz CT molecular complexity index is 776. The van der Waals surface area contributed by atoms with Crippen molar-refractivity contribution in [3.05, 3.63) is 58.1 Å². The van der Waals surface area contributed by atoms with Gasteiger partial charge in [-0.3, -0.25) is 0 Å². The number of halogens is 2. The van der Waals surface area contributed by atoms with Crippen LogP contribution in [0.3, 0.4) is 0 Å². The molecule has 2 aromatic carbocycles. The lowest BCUT2D eigenvalue weighted by molar-refractivity contribution is -0.0250. The molecular formula is C18H19Cl2NO3S. The first-order chi connectivity index (χ1) is 11.9. The van der Waals surface area contributed by atoms with Crippen LogP contribution in [0.1, 0.15) is 5.56 Å². The summed E-state index contributed by atoms with van der Waals surface area (Å²) in [6.45, 7) is 3.30. The van der Waals surface area contributed by atoms with E-state index in [1.807, 2.05) is 31.2 Å². The summed E-state index contributed by atoms with van der Waals surface area (Å²) in [4.78, 5) is 0.525. The van der Waals surface area contributed by atoms with E-state index in [1.54, 1.807) is 22.5 Å². The molecule has 0 aromatic heterocycles. The molecule has 0 radical (unpaired) electrons. The molecule has 1 atom stereocenters. The zero-order valence-corrected chi connectivity index (χ0v) is 16.1. The lowest BCUT2D eigenvalue weighted by atomic mass is 9.83. The summed E-state index contributed by atoms with van der Waals surface area (Å²) in [7, 11) is -1.38. The van der Waals surface area contributed by atoms with Crippen LogP contribution >= 0.6 is 23.2 Å². The molecule has 3 rings (SSSR count). The smallest absolute Gasteiger partial charge is 0.129 e. The molecule has 1 fully saturated rings. The molecule has 1 saturated heterocycles. The third-order valence-electron chi connectivity index (χ3n) is 4.24. The Morgan fingerprint density at radius 1 is 1.20 bits per heavy atom. The minimum atomic E-state index is -1.38. The SMILES string of the molecule is Cc1ccc(OCC2(CO)CN(S(=O)c3ccc(Cl)cc3Cl)C2)cc1. The first kappa shape index (κ1) is 18.7. The molecule has 1 heterocycles. The number of rotatable bonds is 6. The highest BCUT2D eigenvalue weighted by atomic mass is 35.5. The van der Waals surface area contributed by atoms with Crippen LogP contribution in [0.25, 0.3) is 0 Å². The Morgan fingerprint density at radius 3 is 2.48 bits per heavy atom. The largest absolute Gasteiger partial charge is 0.493 e. The van der Waals surface area contributed by atoms with Crippen LogP contribution in [-0.2, 0) is 11.0 Å². The zero-order chi connectivity index (χ0) is 18.0. The number of ether oxygens (including phenoxy) is 1. The van der Waals surface area contributed by atoms with Gasteiger partial charge in [0.2, 0.25) is 0 Å². The number of aryl methyl sites for hydroxylation is 1. The summed E-state index contributed by atoms with van der Waals surface area (Å²) < 4.78 is 20.2. The van der Waals surface area contributed by atoms with Gasteiger partial charge >= 0.3 is 0 Å². The molecule has 4 nitrogen and oxygen atoms in total. The number of benzene rings is 2. The molecule has 0 aliphatic carbocycles. The third-order valence-corrected chi connectivity index (χ3v) is 6.36. The van der Waals surface area contributed by atoms with Gasteiger partial charge in [0.05, 0.1) is 28.5 Å². The van der Waals surface area contributed by atoms with E-state index in [1.165, 1.54) is 0 Å². The predicted molar refractivity (Wildman–Crippen MR) is 101 cm³/mol. The minimum absolute atomic E-state index is 0.0269. The molecular weight excluding hydrogens is 381 g/mol. The van der Waals surface area contributed by atoms with Gasteiger partial charge in [0.15, 0.2) is 0 Å². The van der Waals surface area contributed by atoms with Crippen LogP contribution in [-0.4, -0.2) is 39.9 Å². The van der Waals surface area contributed by atoms with Crippen molar-refractivity contribution in [1.29, 1.82) is 0 Å². The van der Waals surface area contributed by atoms with E-state index in [0.29, 0.717) is 34.6 Å². The molecule has 25 heavy (non-hydrogen) atoms. The summed E-state index contributed by atoms with van der Waals surface area (Å²) in [5.41, 5.74) is 0.744. The number of aliphatic hydroxyl groups excluding tert-OH is 1. The highest BCUT2D eigenvalue weighted by Crippen LogP contribution is 2.35. The topological polar surface area (TPSA) is 49.8 Å². The van der Waals surface area contributed by atoms with Gasteiger partial charge in [0, 0.05) is 18.1 Å². The van der Waals surface area contributed by atoms with Gasteiger partial charge in [-0.2, -0.15) is 0 Å². The van der Waals surface area contributed by atoms with Crippen molar-refractivity contribution in [2.45, 2.75) is 11.8 Å². The molecule has 0 amide bonds. The van der Waals surface area contributed by atoms with Gasteiger partial charge in [-0.15, -0.1) is 0 Å². The highest BCUT2D eigenvalue weighted by Gasteiger charge is 2.46. The zero-order valence-electron chi connectivity index (χ0n) is 13.7. The number of hydrogen-bond donors (Lipinski definition) is 1. The fourth-order valence-corrected chi connectivity index (χ4v) is 4.76. The number of nitrogens with zero attached hydrogens (tertiary/aromatic N) is 1. The van der Waals surface area contributed by atoms with Crippen molar-refractivity contribution in [1.82, 2.24) is 4.31 Å². The molecule has 1 unspecified atom stereocenters. The molecule has 0 saturated carbocycles. The Kier molecular flexibility index (Phi) is 5.71. The van der Waals surface area contributed by atoms with E-state index in [-0.39, 0.29) is 6.61 Å². The summed E-state index contributed by atoms with van der Waals surface area (Å²) in [6.07, 6.45) is 0. The third kappa shape index (κ3) is 4.18. The van der Waals surface area contributed by atoms with Gasteiger partial charge in [0.1, 0.15) is 16.7 Å². The van der Waals surface area contributed by atoms with Crippen molar-refractivity contribution in [2.24, 2.45) is 5.41 Å². The first-order valence-electron chi connectivity index (χ1n) is 7.85. The minimum Gasteiger partial charge on any atom is -0.493 e. The second-order valence-electron chi connectivity index (χ2n) is 6.38. The lowest BCUT2D eigenvalue weighted by Crippen LogP contribution is -2.61. The Morgan fingerprint density at radius 2 is 1.88 bits per heavy atom. The van der Waals surface area contributed by atoms with Crippen molar-refractivity contribution >= 4 is 34.2 Å². The quantitative estimate of drug-likeness (QED) is 0.805. The van der Waals surface area contributed by atoms with Gasteiger partial charge in [-0.1, -0.05) is 40.9 Å². The van der Waals surface area contributed by atoms with Gasteiger partial charge in [-0.25, -0.2) is 8.51 Å². The summed E-state index contributed by atoms with van der Waals surface area (Å²) in [6, 6.07) is 12.7. The summed E-state index contributed by atoms with van der Waals surface area (Å²) in [5.74, 6) is 0.763. The fraction of sp³-hybridized carbons (Fsp3) is 0.333. The second kappa shape index (κ2) is 7.64. The van der Waals surface area contributed by atoms with Crippen molar-refractivity contribution < 1.29 is 14.1 Å². The Labute approximate surface area is 159 Å². The van der Waals surface area contributed by atoms with Crippen LogP contribution in [0.4, 0.5) is 0 Å². The molecule has 7 heteroatoms. The maximum absolute atomic E-state index is 12.7. The van der Waals surface area contributed by atoms with Crippen LogP contribution < -0.4 is 4.74 Å². The van der Waals surface area contributed by atoms with Crippen LogP contribution in [0.2, 0.25) is 10.0 Å². The number of hydrogen-bond acceptors (Lipinski definition) is 3. The van der Waals surface area contributed by atoms with Crippen molar-refractivity contribution in [3.63, 3.8) is 0 Å². The van der Waals surface area contributed by atoms with E-state index in [2.05, 4.69) is 0 Å². The van der Waals surface area contributed by atoms with Crippen LogP contribution in [0.5, 0.6) is 5.75 Å². The van der Waals surface area contributed by atoms with Crippen LogP contribution in [0.15, 0.2) is 47.4 Å². The van der Waals surface area contributed by atoms with Gasteiger partial charge < -0.3 is 9.84 Å². The van der Waals surface area contributed by atoms with E-state index >= 15 is 0 Å². The molecule has 1 aliphatic rings. The second-order valence-corrected chi connectivity index (χ2v) is 8.68. The van der Waals surface area contributed by atoms with E-state index in [0.717, 1.165) is 11.3 Å². The molecule has 134 valence electrons. The van der Waals surface area contributed by atoms with E-state index < -0.39 is 16.4 Å². The molecule has 1 N–H and O–H groups in total. The van der Waals surface area contributed by atoms with Gasteiger partial charge in [0.25, 0.3) is 0 Å². The highest BCUT2D eigenvalue weighted by molar-refractivity contribution is 7.82. The normalized spacial score (nSPS) is 17.8. The Balaban J connectivity index is 1.61. The first-order valence-corrected chi connectivity index (χ1v) is 9.71. The maximum atomic E-state index is 12.7. The number of aliphatic hydroxyl groups is 1. The lowest BCUT2D eigenvalue weighted by Gasteiger charge is -2.47. The maximum Gasteiger partial charge on any atom is 0.129 e.